The van der Waals surface area contributed by atoms with Crippen molar-refractivity contribution >= 4 is 28.5 Å². The molecule has 1 aliphatic heterocycles. The Morgan fingerprint density at radius 1 is 1.32 bits per heavy atom. The van der Waals surface area contributed by atoms with Gasteiger partial charge in [-0.2, -0.15) is 0 Å². The number of amides is 1. The summed E-state index contributed by atoms with van der Waals surface area (Å²) in [6, 6.07) is 5.90. The first-order valence-electron chi connectivity index (χ1n) is 7.11. The minimum absolute atomic E-state index is 0.0685. The fraction of sp³-hybridized carbons (Fsp3) is 0.250. The first-order chi connectivity index (χ1) is 10.5. The van der Waals surface area contributed by atoms with Gasteiger partial charge in [0.05, 0.1) is 23.4 Å². The predicted molar refractivity (Wildman–Crippen MR) is 86.3 cm³/mol. The van der Waals surface area contributed by atoms with Gasteiger partial charge in [0.15, 0.2) is 0 Å². The molecule has 1 aliphatic rings. The lowest BCUT2D eigenvalue weighted by Crippen LogP contribution is -2.17. The number of aryl methyl sites for hydroxylation is 1. The van der Waals surface area contributed by atoms with E-state index in [-0.39, 0.29) is 6.03 Å². The fourth-order valence-corrected chi connectivity index (χ4v) is 3.47. The highest BCUT2D eigenvalue weighted by molar-refractivity contribution is 6.28. The zero-order chi connectivity index (χ0) is 15.6. The third-order valence-corrected chi connectivity index (χ3v) is 4.89. The van der Waals surface area contributed by atoms with Crippen LogP contribution in [0.1, 0.15) is 17.0 Å². The molecule has 1 N–H and O–H groups in total. The van der Waals surface area contributed by atoms with Crippen molar-refractivity contribution < 1.29 is 4.79 Å². The van der Waals surface area contributed by atoms with Crippen LogP contribution in [-0.4, -0.2) is 20.1 Å². The summed E-state index contributed by atoms with van der Waals surface area (Å²) in [6.45, 7) is 4.62. The second kappa shape index (κ2) is 4.36. The molecule has 0 spiro atoms. The van der Waals surface area contributed by atoms with Crippen LogP contribution in [0.25, 0.3) is 22.2 Å². The van der Waals surface area contributed by atoms with Crippen molar-refractivity contribution in [1.29, 1.82) is 0 Å². The largest absolute Gasteiger partial charge is 0.332 e. The topological polar surface area (TPSA) is 51.9 Å². The van der Waals surface area contributed by atoms with E-state index in [4.69, 9.17) is 11.6 Å². The second-order valence-corrected chi connectivity index (χ2v) is 5.98. The molecule has 0 atom stereocenters. The van der Waals surface area contributed by atoms with E-state index in [9.17, 15) is 4.79 Å². The number of fused-ring (bicyclic) bond motifs is 3. The molecular weight excluding hydrogens is 300 g/mol. The van der Waals surface area contributed by atoms with Crippen molar-refractivity contribution in [2.75, 3.05) is 0 Å². The summed E-state index contributed by atoms with van der Waals surface area (Å²) in [5, 5.41) is 4.40. The van der Waals surface area contributed by atoms with E-state index < -0.39 is 0 Å². The molecule has 5 nitrogen and oxygen atoms in total. The Kier molecular flexibility index (Phi) is 2.66. The Labute approximate surface area is 132 Å². The van der Waals surface area contributed by atoms with Crippen LogP contribution in [-0.2, 0) is 13.6 Å². The van der Waals surface area contributed by atoms with Crippen molar-refractivity contribution in [1.82, 2.24) is 19.4 Å². The van der Waals surface area contributed by atoms with Gasteiger partial charge in [0.1, 0.15) is 0 Å². The first kappa shape index (κ1) is 13.4. The fourth-order valence-electron chi connectivity index (χ4n) is 3.26. The lowest BCUT2D eigenvalue weighted by atomic mass is 10.0. The van der Waals surface area contributed by atoms with Gasteiger partial charge in [0.25, 0.3) is 0 Å². The summed E-state index contributed by atoms with van der Waals surface area (Å²) in [7, 11) is 1.90. The third kappa shape index (κ3) is 1.54. The lowest BCUT2D eigenvalue weighted by molar-refractivity contribution is 0.247. The van der Waals surface area contributed by atoms with Crippen LogP contribution in [0.3, 0.4) is 0 Å². The van der Waals surface area contributed by atoms with Crippen molar-refractivity contribution in [3.05, 3.63) is 40.4 Å². The number of hydrogen-bond acceptors (Lipinski definition) is 2. The summed E-state index contributed by atoms with van der Waals surface area (Å²) >= 11 is 6.16. The maximum absolute atomic E-state index is 12.1. The number of imidazole rings is 1. The van der Waals surface area contributed by atoms with E-state index >= 15 is 0 Å². The van der Waals surface area contributed by atoms with Gasteiger partial charge < -0.3 is 9.88 Å². The molecular formula is C16H15ClN4O. The van der Waals surface area contributed by atoms with Crippen LogP contribution in [0.4, 0.5) is 4.79 Å². The average molecular weight is 315 g/mol. The maximum Gasteiger partial charge on any atom is 0.326 e. The van der Waals surface area contributed by atoms with E-state index in [1.807, 2.05) is 36.7 Å². The Morgan fingerprint density at radius 3 is 2.77 bits per heavy atom. The van der Waals surface area contributed by atoms with Gasteiger partial charge in [-0.15, -0.1) is 0 Å². The lowest BCUT2D eigenvalue weighted by Gasteiger charge is -2.05. The molecule has 112 valence electrons. The van der Waals surface area contributed by atoms with E-state index in [0.29, 0.717) is 11.8 Å². The Hall–Kier alpha value is -2.27. The number of hydrogen-bond donors (Lipinski definition) is 1. The first-order valence-corrected chi connectivity index (χ1v) is 7.48. The number of carbonyl (C=O) groups is 1. The Balaban J connectivity index is 2.11. The number of nitrogens with zero attached hydrogens (tertiary/aromatic N) is 3. The van der Waals surface area contributed by atoms with E-state index in [1.165, 1.54) is 0 Å². The molecule has 3 heterocycles. The van der Waals surface area contributed by atoms with Crippen molar-refractivity contribution in [3.8, 4) is 11.3 Å². The molecule has 1 aromatic carbocycles. The van der Waals surface area contributed by atoms with E-state index in [1.54, 1.807) is 4.57 Å². The molecule has 22 heavy (non-hydrogen) atoms. The standard InChI is InChI=1S/C16H15ClN4O/c1-8-12-7-18-16(22)21(12)11-6-4-5-10(13(8)11)14-9(2)20(3)15(17)19-14/h4-6H,7H2,1-3H3,(H,18,22). The average Bonchev–Trinajstić information content (AvgIpc) is 3.11. The minimum atomic E-state index is -0.0685. The van der Waals surface area contributed by atoms with E-state index in [0.717, 1.165) is 39.1 Å². The van der Waals surface area contributed by atoms with Gasteiger partial charge in [-0.25, -0.2) is 9.78 Å². The molecule has 2 aromatic heterocycles. The van der Waals surface area contributed by atoms with Gasteiger partial charge in [-0.3, -0.25) is 4.57 Å². The number of carbonyl (C=O) groups excluding carboxylic acids is 1. The molecule has 0 saturated heterocycles. The van der Waals surface area contributed by atoms with Gasteiger partial charge in [0, 0.05) is 23.7 Å². The zero-order valence-electron chi connectivity index (χ0n) is 12.6. The molecule has 0 fully saturated rings. The summed E-state index contributed by atoms with van der Waals surface area (Å²) in [4.78, 5) is 16.6. The Morgan fingerprint density at radius 2 is 2.09 bits per heavy atom. The van der Waals surface area contributed by atoms with Crippen LogP contribution in [0.2, 0.25) is 5.28 Å². The second-order valence-electron chi connectivity index (χ2n) is 5.64. The quantitative estimate of drug-likeness (QED) is 0.748. The summed E-state index contributed by atoms with van der Waals surface area (Å²) < 4.78 is 3.62. The van der Waals surface area contributed by atoms with Crippen molar-refractivity contribution in [2.24, 2.45) is 7.05 Å². The highest BCUT2D eigenvalue weighted by Crippen LogP contribution is 2.37. The van der Waals surface area contributed by atoms with Crippen LogP contribution in [0.15, 0.2) is 18.2 Å². The monoisotopic (exact) mass is 314 g/mol. The van der Waals surface area contributed by atoms with E-state index in [2.05, 4.69) is 17.2 Å². The molecule has 0 unspecified atom stereocenters. The summed E-state index contributed by atoms with van der Waals surface area (Å²) in [6.07, 6.45) is 0. The van der Waals surface area contributed by atoms with Gasteiger partial charge in [-0.1, -0.05) is 12.1 Å². The Bertz CT molecular complexity index is 951. The molecule has 0 aliphatic carbocycles. The highest BCUT2D eigenvalue weighted by atomic mass is 35.5. The minimum Gasteiger partial charge on any atom is -0.332 e. The summed E-state index contributed by atoms with van der Waals surface area (Å²) in [5.74, 6) is 0. The van der Waals surface area contributed by atoms with Gasteiger partial charge >= 0.3 is 6.03 Å². The van der Waals surface area contributed by atoms with Crippen molar-refractivity contribution in [2.45, 2.75) is 20.4 Å². The SMILES string of the molecule is Cc1c2n(c3cccc(-c4nc(Cl)n(C)c4C)c13)C(=O)NC2. The number of halogens is 1. The normalized spacial score (nSPS) is 13.7. The molecule has 6 heteroatoms. The molecule has 0 bridgehead atoms. The molecule has 1 amide bonds. The number of benzene rings is 1. The molecule has 3 aromatic rings. The highest BCUT2D eigenvalue weighted by Gasteiger charge is 2.27. The van der Waals surface area contributed by atoms with Crippen LogP contribution in [0, 0.1) is 13.8 Å². The van der Waals surface area contributed by atoms with Crippen LogP contribution in [0.5, 0.6) is 0 Å². The van der Waals surface area contributed by atoms with Crippen LogP contribution >= 0.6 is 11.6 Å². The zero-order valence-corrected chi connectivity index (χ0v) is 13.3. The number of rotatable bonds is 1. The third-order valence-electron chi connectivity index (χ3n) is 4.55. The van der Waals surface area contributed by atoms with Gasteiger partial charge in [0.2, 0.25) is 5.28 Å². The maximum atomic E-state index is 12.1. The van der Waals surface area contributed by atoms with Crippen LogP contribution < -0.4 is 5.32 Å². The smallest absolute Gasteiger partial charge is 0.326 e. The number of aromatic nitrogens is 3. The van der Waals surface area contributed by atoms with Crippen molar-refractivity contribution in [3.63, 3.8) is 0 Å². The molecule has 0 radical (unpaired) electrons. The summed E-state index contributed by atoms with van der Waals surface area (Å²) in [5.41, 5.74) is 5.95. The van der Waals surface area contributed by atoms with Gasteiger partial charge in [-0.05, 0) is 37.1 Å². The molecule has 0 saturated carbocycles. The predicted octanol–water partition coefficient (Wildman–Crippen LogP) is 3.38. The molecule has 4 rings (SSSR count). The number of nitrogens with one attached hydrogen (secondary N) is 1.